The van der Waals surface area contributed by atoms with E-state index in [1.165, 1.54) is 11.3 Å². The molecule has 39 heavy (non-hydrogen) atoms. The fraction of sp³-hybridized carbons (Fsp3) is 0.536. The number of benzene rings is 1. The van der Waals surface area contributed by atoms with Gasteiger partial charge in [0.25, 0.3) is 0 Å². The molecule has 0 radical (unpaired) electrons. The lowest BCUT2D eigenvalue weighted by molar-refractivity contribution is -0.159. The van der Waals surface area contributed by atoms with Crippen molar-refractivity contribution in [3.05, 3.63) is 55.6 Å². The number of carboxylic acids is 1. The summed E-state index contributed by atoms with van der Waals surface area (Å²) >= 11 is 11.3. The Morgan fingerprint density at radius 3 is 2.51 bits per heavy atom. The summed E-state index contributed by atoms with van der Waals surface area (Å²) in [5.74, 6) is -3.77. The number of ether oxygens (including phenoxy) is 2. The Morgan fingerprint density at radius 1 is 1.36 bits per heavy atom. The molecule has 0 spiro atoms. The Morgan fingerprint density at radius 2 is 2.05 bits per heavy atom. The molecule has 1 unspecified atom stereocenters. The number of hydrogen-bond donors (Lipinski definition) is 2. The number of thiophene rings is 1. The van der Waals surface area contributed by atoms with Gasteiger partial charge >= 0.3 is 5.97 Å². The highest BCUT2D eigenvalue weighted by molar-refractivity contribution is 9.10. The number of carbonyl (C=O) groups is 2. The molecule has 0 saturated carbocycles. The van der Waals surface area contributed by atoms with Gasteiger partial charge in [-0.3, -0.25) is 14.5 Å². The molecule has 2 aliphatic rings. The van der Waals surface area contributed by atoms with E-state index in [0.717, 1.165) is 4.47 Å². The van der Waals surface area contributed by atoms with Crippen LogP contribution in [0, 0.1) is 16.7 Å². The van der Waals surface area contributed by atoms with Gasteiger partial charge in [-0.05, 0) is 65.4 Å². The van der Waals surface area contributed by atoms with Gasteiger partial charge in [-0.2, -0.15) is 5.26 Å². The van der Waals surface area contributed by atoms with E-state index in [0.29, 0.717) is 21.9 Å². The van der Waals surface area contributed by atoms with Gasteiger partial charge in [-0.15, -0.1) is 11.3 Å². The Bertz CT molecular complexity index is 1300. The maximum absolute atomic E-state index is 13.3. The number of likely N-dealkylation sites (tertiary alicyclic amines) is 1. The fourth-order valence-corrected chi connectivity index (χ4v) is 7.99. The maximum atomic E-state index is 13.3. The molecule has 3 heterocycles. The van der Waals surface area contributed by atoms with E-state index in [4.69, 9.17) is 26.8 Å². The Labute approximate surface area is 246 Å². The average molecular weight is 639 g/mol. The van der Waals surface area contributed by atoms with E-state index < -0.39 is 53.2 Å². The molecular formula is C28H33BrClN3O5S. The van der Waals surface area contributed by atoms with Gasteiger partial charge in [0.05, 0.1) is 12.7 Å². The lowest BCUT2D eigenvalue weighted by Crippen LogP contribution is -2.60. The van der Waals surface area contributed by atoms with E-state index in [9.17, 15) is 20.0 Å². The van der Waals surface area contributed by atoms with Crippen LogP contribution in [0.5, 0.6) is 0 Å². The lowest BCUT2D eigenvalue weighted by Gasteiger charge is -2.41. The van der Waals surface area contributed by atoms with Crippen molar-refractivity contribution in [2.75, 3.05) is 6.61 Å². The molecule has 6 atom stereocenters. The van der Waals surface area contributed by atoms with Crippen LogP contribution in [-0.2, 0) is 24.5 Å². The summed E-state index contributed by atoms with van der Waals surface area (Å²) in [6.07, 6.45) is -0.427. The molecular weight excluding hydrogens is 606 g/mol. The van der Waals surface area contributed by atoms with Gasteiger partial charge in [-0.25, -0.2) is 0 Å². The van der Waals surface area contributed by atoms with E-state index in [1.54, 1.807) is 43.0 Å². The molecule has 3 N–H and O–H groups in total. The van der Waals surface area contributed by atoms with Gasteiger partial charge in [0.15, 0.2) is 5.79 Å². The first-order chi connectivity index (χ1) is 18.1. The first-order valence-corrected chi connectivity index (χ1v) is 14.7. The number of halogens is 2. The van der Waals surface area contributed by atoms with Gasteiger partial charge in [0.2, 0.25) is 5.91 Å². The van der Waals surface area contributed by atoms with Gasteiger partial charge < -0.3 is 20.3 Å². The molecule has 2 aliphatic heterocycles. The van der Waals surface area contributed by atoms with Crippen molar-refractivity contribution in [2.24, 2.45) is 11.1 Å². The minimum atomic E-state index is -1.36. The number of hydrogen-bond acceptors (Lipinski definition) is 7. The minimum Gasteiger partial charge on any atom is -0.480 e. The number of amides is 1. The van der Waals surface area contributed by atoms with Crippen LogP contribution < -0.4 is 5.73 Å². The smallest absolute Gasteiger partial charge is 0.321 e. The highest BCUT2D eigenvalue weighted by Crippen LogP contribution is 2.58. The zero-order chi connectivity index (χ0) is 28.9. The Balaban J connectivity index is 2.07. The van der Waals surface area contributed by atoms with Crippen LogP contribution >= 0.6 is 38.9 Å². The summed E-state index contributed by atoms with van der Waals surface area (Å²) in [7, 11) is 0. The molecule has 1 amide bonds. The van der Waals surface area contributed by atoms with E-state index in [2.05, 4.69) is 22.0 Å². The minimum absolute atomic E-state index is 0.0532. The van der Waals surface area contributed by atoms with Gasteiger partial charge in [-0.1, -0.05) is 44.5 Å². The summed E-state index contributed by atoms with van der Waals surface area (Å²) in [6, 6.07) is 8.20. The van der Waals surface area contributed by atoms with Crippen molar-refractivity contribution in [3.63, 3.8) is 0 Å². The third-order valence-electron chi connectivity index (χ3n) is 7.43. The van der Waals surface area contributed by atoms with Gasteiger partial charge in [0, 0.05) is 31.7 Å². The summed E-state index contributed by atoms with van der Waals surface area (Å²) in [5.41, 5.74) is 4.92. The molecule has 8 nitrogen and oxygen atoms in total. The first-order valence-electron chi connectivity index (χ1n) is 12.6. The average Bonchev–Trinajstić information content (AvgIpc) is 3.48. The van der Waals surface area contributed by atoms with Crippen molar-refractivity contribution < 1.29 is 24.2 Å². The highest BCUT2D eigenvalue weighted by Gasteiger charge is 2.67. The van der Waals surface area contributed by atoms with Crippen LogP contribution in [0.25, 0.3) is 0 Å². The Kier molecular flexibility index (Phi) is 8.27. The normalized spacial score (nSPS) is 29.7. The first kappa shape index (κ1) is 30.0. The van der Waals surface area contributed by atoms with E-state index in [1.807, 2.05) is 32.2 Å². The number of nitrogens with two attached hydrogens (primary N) is 1. The van der Waals surface area contributed by atoms with Crippen LogP contribution in [0.3, 0.4) is 0 Å². The van der Waals surface area contributed by atoms with Crippen LogP contribution in [0.2, 0.25) is 5.02 Å². The number of rotatable bonds is 7. The second-order valence-electron chi connectivity index (χ2n) is 11.9. The molecule has 1 aromatic carbocycles. The van der Waals surface area contributed by atoms with Gasteiger partial charge in [0.1, 0.15) is 23.6 Å². The van der Waals surface area contributed by atoms with Crippen molar-refractivity contribution in [3.8, 4) is 6.07 Å². The molecule has 0 aliphatic carbocycles. The van der Waals surface area contributed by atoms with Crippen molar-refractivity contribution >= 4 is 50.7 Å². The molecule has 11 heteroatoms. The number of aliphatic carboxylic acids is 1. The zero-order valence-corrected chi connectivity index (χ0v) is 25.6. The van der Waals surface area contributed by atoms with E-state index in [-0.39, 0.29) is 12.0 Å². The van der Waals surface area contributed by atoms with Crippen LogP contribution in [-0.4, -0.2) is 58.5 Å². The third-order valence-corrected chi connectivity index (χ3v) is 9.51. The van der Waals surface area contributed by atoms with Crippen molar-refractivity contribution in [1.29, 1.82) is 5.26 Å². The fourth-order valence-electron chi connectivity index (χ4n) is 6.13. The highest BCUT2D eigenvalue weighted by atomic mass is 79.9. The molecule has 210 valence electrons. The topological polar surface area (TPSA) is 126 Å². The SMILES string of the molecule is CC(C)(C)C[C@@H]1N(C(C(N)=O)[C@H]2COC(C)(C)O2)[C@@H](C(=O)O)[C@H](c2cccc(Cl)c2)[C@@]1(C#N)c1cc(Br)cs1. The van der Waals surface area contributed by atoms with Crippen molar-refractivity contribution in [1.82, 2.24) is 4.90 Å². The predicted molar refractivity (Wildman–Crippen MR) is 153 cm³/mol. The number of carbonyl (C=O) groups excluding carboxylic acids is 1. The molecule has 2 fully saturated rings. The number of carboxylic acid groups (broad SMARTS) is 1. The summed E-state index contributed by atoms with van der Waals surface area (Å²) in [4.78, 5) is 28.9. The largest absolute Gasteiger partial charge is 0.480 e. The number of primary amides is 1. The van der Waals surface area contributed by atoms with E-state index >= 15 is 0 Å². The molecule has 2 aromatic rings. The van der Waals surface area contributed by atoms with Crippen LogP contribution in [0.1, 0.15) is 57.4 Å². The monoisotopic (exact) mass is 637 g/mol. The number of nitrogens with zero attached hydrogens (tertiary/aromatic N) is 2. The maximum Gasteiger partial charge on any atom is 0.321 e. The molecule has 4 rings (SSSR count). The molecule has 0 bridgehead atoms. The van der Waals surface area contributed by atoms with Crippen LogP contribution in [0.15, 0.2) is 40.2 Å². The van der Waals surface area contributed by atoms with Crippen LogP contribution in [0.4, 0.5) is 0 Å². The lowest BCUT2D eigenvalue weighted by atomic mass is 9.65. The molecule has 2 saturated heterocycles. The third kappa shape index (κ3) is 5.63. The molecule has 1 aromatic heterocycles. The Hall–Kier alpha value is -2.00. The van der Waals surface area contributed by atoms with Crippen molar-refractivity contribution in [2.45, 2.75) is 82.4 Å². The second-order valence-corrected chi connectivity index (χ2v) is 14.1. The zero-order valence-electron chi connectivity index (χ0n) is 22.5. The standard InChI is InChI=1S/C28H33BrClN3O5S/c1-26(2,3)11-19-28(14-31,20-10-16(29)13-39-20)21(15-7-6-8-17(30)9-15)23(25(35)36)33(19)22(24(32)34)18-12-37-27(4,5)38-18/h6-10,13,18-19,21-23H,11-12H2,1-5H3,(H2,32,34)(H,35,36)/t18-,19+,21+,22?,23-,28-/m1/s1. The quantitative estimate of drug-likeness (QED) is 0.422. The summed E-state index contributed by atoms with van der Waals surface area (Å²) in [6.45, 7) is 9.59. The summed E-state index contributed by atoms with van der Waals surface area (Å²) < 4.78 is 12.7. The summed E-state index contributed by atoms with van der Waals surface area (Å²) in [5, 5.41) is 24.3. The number of nitriles is 1. The second kappa shape index (κ2) is 10.8. The predicted octanol–water partition coefficient (Wildman–Crippen LogP) is 5.29.